The molecule has 0 aliphatic carbocycles. The van der Waals surface area contributed by atoms with Gasteiger partial charge in [-0.2, -0.15) is 0 Å². The summed E-state index contributed by atoms with van der Waals surface area (Å²) in [4.78, 5) is 16.1. The van der Waals surface area contributed by atoms with Gasteiger partial charge in [-0.15, -0.1) is 0 Å². The Hall–Kier alpha value is -2.50. The van der Waals surface area contributed by atoms with Gasteiger partial charge in [0.25, 0.3) is 5.91 Å². The number of carbonyl (C=O) groups excluding carboxylic acids is 1. The van der Waals surface area contributed by atoms with Crippen molar-refractivity contribution in [3.63, 3.8) is 0 Å². The largest absolute Gasteiger partial charge is 0.370 e. The van der Waals surface area contributed by atoms with Crippen LogP contribution in [0.2, 0.25) is 0 Å². The number of anilines is 2. The third kappa shape index (κ3) is 3.53. The van der Waals surface area contributed by atoms with Gasteiger partial charge in [-0.05, 0) is 37.6 Å². The summed E-state index contributed by atoms with van der Waals surface area (Å²) in [5.41, 5.74) is 0.301. The van der Waals surface area contributed by atoms with Crippen molar-refractivity contribution in [2.24, 2.45) is 0 Å². The first-order valence-corrected chi connectivity index (χ1v) is 6.48. The zero-order valence-corrected chi connectivity index (χ0v) is 11.7. The highest BCUT2D eigenvalue weighted by Gasteiger charge is 2.12. The van der Waals surface area contributed by atoms with Crippen LogP contribution in [0.15, 0.2) is 30.5 Å². The van der Waals surface area contributed by atoms with Gasteiger partial charge in [-0.1, -0.05) is 0 Å². The van der Waals surface area contributed by atoms with E-state index in [2.05, 4.69) is 15.6 Å². The SMILES string of the molecule is CCNc1cc(C(=O)Nc2cc(F)c(C)cc2F)ccn1. The van der Waals surface area contributed by atoms with Crippen molar-refractivity contribution in [3.8, 4) is 0 Å². The summed E-state index contributed by atoms with van der Waals surface area (Å²) in [5.74, 6) is -1.24. The van der Waals surface area contributed by atoms with Crippen molar-refractivity contribution in [2.45, 2.75) is 13.8 Å². The van der Waals surface area contributed by atoms with E-state index in [0.29, 0.717) is 17.9 Å². The van der Waals surface area contributed by atoms with Crippen molar-refractivity contribution in [3.05, 3.63) is 53.2 Å². The summed E-state index contributed by atoms with van der Waals surface area (Å²) in [6.07, 6.45) is 1.47. The number of rotatable bonds is 4. The van der Waals surface area contributed by atoms with Crippen LogP contribution in [0.25, 0.3) is 0 Å². The van der Waals surface area contributed by atoms with Crippen LogP contribution in [0.1, 0.15) is 22.8 Å². The lowest BCUT2D eigenvalue weighted by atomic mass is 10.2. The number of aryl methyl sites for hydroxylation is 1. The number of pyridine rings is 1. The number of aromatic nitrogens is 1. The zero-order chi connectivity index (χ0) is 15.4. The molecule has 0 bridgehead atoms. The Labute approximate surface area is 121 Å². The number of hydrogen-bond donors (Lipinski definition) is 2. The molecule has 2 aromatic rings. The molecule has 21 heavy (non-hydrogen) atoms. The second kappa shape index (κ2) is 6.30. The van der Waals surface area contributed by atoms with Crippen LogP contribution in [0, 0.1) is 18.6 Å². The van der Waals surface area contributed by atoms with Crippen LogP contribution in [0.5, 0.6) is 0 Å². The molecule has 0 aliphatic heterocycles. The monoisotopic (exact) mass is 291 g/mol. The van der Waals surface area contributed by atoms with Gasteiger partial charge in [-0.25, -0.2) is 13.8 Å². The molecule has 2 rings (SSSR count). The normalized spacial score (nSPS) is 10.3. The molecule has 0 unspecified atom stereocenters. The molecular formula is C15H15F2N3O. The van der Waals surface area contributed by atoms with Gasteiger partial charge >= 0.3 is 0 Å². The second-order valence-corrected chi connectivity index (χ2v) is 4.50. The Bertz CT molecular complexity index is 674. The highest BCUT2D eigenvalue weighted by atomic mass is 19.1. The predicted molar refractivity (Wildman–Crippen MR) is 77.4 cm³/mol. The Morgan fingerprint density at radius 3 is 2.71 bits per heavy atom. The van der Waals surface area contributed by atoms with Crippen molar-refractivity contribution in [1.29, 1.82) is 0 Å². The molecule has 0 fully saturated rings. The number of hydrogen-bond acceptors (Lipinski definition) is 3. The molecule has 6 heteroatoms. The minimum absolute atomic E-state index is 0.184. The number of carbonyl (C=O) groups is 1. The number of halogens is 2. The van der Waals surface area contributed by atoms with E-state index in [-0.39, 0.29) is 11.3 Å². The maximum atomic E-state index is 13.7. The lowest BCUT2D eigenvalue weighted by Gasteiger charge is -2.09. The van der Waals surface area contributed by atoms with E-state index in [1.807, 2.05) is 6.92 Å². The van der Waals surface area contributed by atoms with Gasteiger partial charge in [0.1, 0.15) is 17.5 Å². The molecular weight excluding hydrogens is 276 g/mol. The van der Waals surface area contributed by atoms with Gasteiger partial charge in [0.2, 0.25) is 0 Å². The molecule has 0 radical (unpaired) electrons. The van der Waals surface area contributed by atoms with E-state index >= 15 is 0 Å². The van der Waals surface area contributed by atoms with E-state index in [1.165, 1.54) is 19.2 Å². The topological polar surface area (TPSA) is 54.0 Å². The van der Waals surface area contributed by atoms with Gasteiger partial charge in [0.05, 0.1) is 5.69 Å². The zero-order valence-electron chi connectivity index (χ0n) is 11.7. The number of benzene rings is 1. The fourth-order valence-electron chi connectivity index (χ4n) is 1.79. The van der Waals surface area contributed by atoms with E-state index in [0.717, 1.165) is 12.1 Å². The Morgan fingerprint density at radius 2 is 2.00 bits per heavy atom. The highest BCUT2D eigenvalue weighted by molar-refractivity contribution is 6.04. The van der Waals surface area contributed by atoms with E-state index < -0.39 is 17.5 Å². The summed E-state index contributed by atoms with van der Waals surface area (Å²) >= 11 is 0. The standard InChI is InChI=1S/C15H15F2N3O/c1-3-18-14-7-10(4-5-19-14)15(21)20-13-8-11(16)9(2)6-12(13)17/h4-8H,3H2,1-2H3,(H,18,19)(H,20,21). The molecule has 1 heterocycles. The van der Waals surface area contributed by atoms with Gasteiger partial charge in [0, 0.05) is 24.4 Å². The second-order valence-electron chi connectivity index (χ2n) is 4.50. The average Bonchev–Trinajstić information content (AvgIpc) is 2.45. The smallest absolute Gasteiger partial charge is 0.255 e. The quantitative estimate of drug-likeness (QED) is 0.908. The van der Waals surface area contributed by atoms with E-state index in [1.54, 1.807) is 6.07 Å². The molecule has 110 valence electrons. The molecule has 2 N–H and O–H groups in total. The van der Waals surface area contributed by atoms with Crippen LogP contribution in [0.3, 0.4) is 0 Å². The first-order valence-electron chi connectivity index (χ1n) is 6.48. The minimum atomic E-state index is -0.678. The summed E-state index contributed by atoms with van der Waals surface area (Å²) in [5, 5.41) is 5.32. The number of nitrogens with one attached hydrogen (secondary N) is 2. The Morgan fingerprint density at radius 1 is 1.24 bits per heavy atom. The number of nitrogens with zero attached hydrogens (tertiary/aromatic N) is 1. The molecule has 0 saturated carbocycles. The van der Waals surface area contributed by atoms with Crippen LogP contribution >= 0.6 is 0 Å². The van der Waals surface area contributed by atoms with Crippen LogP contribution in [0.4, 0.5) is 20.3 Å². The number of amides is 1. The van der Waals surface area contributed by atoms with E-state index in [9.17, 15) is 13.6 Å². The lowest BCUT2D eigenvalue weighted by molar-refractivity contribution is 0.102. The molecule has 0 atom stereocenters. The van der Waals surface area contributed by atoms with Gasteiger partial charge < -0.3 is 10.6 Å². The molecule has 1 amide bonds. The van der Waals surface area contributed by atoms with Crippen LogP contribution in [-0.2, 0) is 0 Å². The maximum Gasteiger partial charge on any atom is 0.255 e. The molecule has 1 aromatic heterocycles. The van der Waals surface area contributed by atoms with Gasteiger partial charge in [0.15, 0.2) is 0 Å². The Balaban J connectivity index is 2.22. The summed E-state index contributed by atoms with van der Waals surface area (Å²) in [6.45, 7) is 4.02. The van der Waals surface area contributed by atoms with Crippen molar-refractivity contribution < 1.29 is 13.6 Å². The fourth-order valence-corrected chi connectivity index (χ4v) is 1.79. The third-order valence-corrected chi connectivity index (χ3v) is 2.88. The van der Waals surface area contributed by atoms with Crippen LogP contribution in [-0.4, -0.2) is 17.4 Å². The first-order chi connectivity index (χ1) is 10.0. The minimum Gasteiger partial charge on any atom is -0.370 e. The van der Waals surface area contributed by atoms with Gasteiger partial charge in [-0.3, -0.25) is 4.79 Å². The average molecular weight is 291 g/mol. The fraction of sp³-hybridized carbons (Fsp3) is 0.200. The summed E-state index contributed by atoms with van der Waals surface area (Å²) in [7, 11) is 0. The third-order valence-electron chi connectivity index (χ3n) is 2.88. The molecule has 0 aliphatic rings. The summed E-state index contributed by atoms with van der Waals surface area (Å²) < 4.78 is 27.1. The first kappa shape index (κ1) is 14.9. The Kier molecular flexibility index (Phi) is 4.47. The predicted octanol–water partition coefficient (Wildman–Crippen LogP) is 3.35. The maximum absolute atomic E-state index is 13.7. The molecule has 4 nitrogen and oxygen atoms in total. The molecule has 0 spiro atoms. The summed E-state index contributed by atoms with van der Waals surface area (Å²) in [6, 6.07) is 5.05. The molecule has 0 saturated heterocycles. The van der Waals surface area contributed by atoms with E-state index in [4.69, 9.17) is 0 Å². The lowest BCUT2D eigenvalue weighted by Crippen LogP contribution is -2.14. The van der Waals surface area contributed by atoms with Crippen molar-refractivity contribution in [1.82, 2.24) is 4.98 Å². The highest BCUT2D eigenvalue weighted by Crippen LogP contribution is 2.20. The van der Waals surface area contributed by atoms with Crippen LogP contribution < -0.4 is 10.6 Å². The molecule has 1 aromatic carbocycles. The van der Waals surface area contributed by atoms with Crippen molar-refractivity contribution >= 4 is 17.4 Å². The van der Waals surface area contributed by atoms with Crippen molar-refractivity contribution in [2.75, 3.05) is 17.2 Å².